The number of fused-ring (bicyclic) bond motifs is 1. The Morgan fingerprint density at radius 2 is 2.09 bits per heavy atom. The van der Waals surface area contributed by atoms with Gasteiger partial charge >= 0.3 is 12.1 Å². The molecule has 0 fully saturated rings. The molecular weight excluding hydrogens is 299 g/mol. The number of carbonyl (C=O) groups is 1. The first-order valence-corrected chi connectivity index (χ1v) is 6.57. The molecule has 0 bridgehead atoms. The number of benzene rings is 1. The van der Waals surface area contributed by atoms with Crippen molar-refractivity contribution in [1.82, 2.24) is 14.5 Å². The van der Waals surface area contributed by atoms with E-state index >= 15 is 0 Å². The smallest absolute Gasteiger partial charge is 0.416 e. The Morgan fingerprint density at radius 3 is 2.64 bits per heavy atom. The normalized spacial score (nSPS) is 13.8. The highest BCUT2D eigenvalue weighted by atomic mass is 19.4. The lowest BCUT2D eigenvalue weighted by Gasteiger charge is -2.20. The maximum absolute atomic E-state index is 12.7. The van der Waals surface area contributed by atoms with Crippen LogP contribution in [0.15, 0.2) is 18.2 Å². The molecule has 0 radical (unpaired) electrons. The Labute approximate surface area is 125 Å². The van der Waals surface area contributed by atoms with Crippen molar-refractivity contribution in [2.24, 2.45) is 7.05 Å². The molecule has 1 N–H and O–H groups in total. The molecule has 2 rings (SSSR count). The zero-order valence-electron chi connectivity index (χ0n) is 12.3. The van der Waals surface area contributed by atoms with Crippen molar-refractivity contribution in [3.05, 3.63) is 29.6 Å². The van der Waals surface area contributed by atoms with Gasteiger partial charge in [-0.2, -0.15) is 13.2 Å². The molecule has 0 amide bonds. The maximum Gasteiger partial charge on any atom is 0.416 e. The zero-order valence-corrected chi connectivity index (χ0v) is 12.3. The van der Waals surface area contributed by atoms with Gasteiger partial charge in [0, 0.05) is 7.05 Å². The summed E-state index contributed by atoms with van der Waals surface area (Å²) < 4.78 is 39.8. The van der Waals surface area contributed by atoms with E-state index < -0.39 is 23.8 Å². The summed E-state index contributed by atoms with van der Waals surface area (Å²) in [6.07, 6.45) is -4.42. The molecule has 1 aromatic heterocycles. The highest BCUT2D eigenvalue weighted by Crippen LogP contribution is 2.31. The maximum atomic E-state index is 12.7. The Morgan fingerprint density at radius 1 is 1.45 bits per heavy atom. The average Bonchev–Trinajstić information content (AvgIpc) is 2.73. The minimum atomic E-state index is -4.42. The van der Waals surface area contributed by atoms with E-state index in [1.165, 1.54) is 13.0 Å². The van der Waals surface area contributed by atoms with Gasteiger partial charge in [0.1, 0.15) is 11.9 Å². The van der Waals surface area contributed by atoms with Crippen molar-refractivity contribution in [3.8, 4) is 0 Å². The first-order valence-electron chi connectivity index (χ1n) is 6.57. The molecule has 0 aliphatic carbocycles. The number of imidazole rings is 1. The predicted molar refractivity (Wildman–Crippen MR) is 74.3 cm³/mol. The summed E-state index contributed by atoms with van der Waals surface area (Å²) in [4.78, 5) is 16.7. The zero-order chi connectivity index (χ0) is 16.7. The summed E-state index contributed by atoms with van der Waals surface area (Å²) >= 11 is 0. The van der Waals surface area contributed by atoms with Gasteiger partial charge < -0.3 is 9.67 Å². The molecule has 0 saturated heterocycles. The average molecular weight is 315 g/mol. The van der Waals surface area contributed by atoms with E-state index in [4.69, 9.17) is 5.11 Å². The highest BCUT2D eigenvalue weighted by Gasteiger charge is 2.31. The number of aromatic nitrogens is 2. The van der Waals surface area contributed by atoms with Crippen LogP contribution in [0.4, 0.5) is 13.2 Å². The van der Waals surface area contributed by atoms with Crippen molar-refractivity contribution in [2.45, 2.75) is 25.7 Å². The summed E-state index contributed by atoms with van der Waals surface area (Å²) in [5.74, 6) is -0.467. The number of carboxylic acid groups (broad SMARTS) is 1. The number of aliphatic carboxylic acids is 1. The molecule has 0 aliphatic heterocycles. The van der Waals surface area contributed by atoms with Crippen LogP contribution >= 0.6 is 0 Å². The third-order valence-corrected chi connectivity index (χ3v) is 3.71. The number of hydrogen-bond donors (Lipinski definition) is 1. The molecule has 0 spiro atoms. The number of alkyl halides is 3. The molecule has 5 nitrogen and oxygen atoms in total. The third kappa shape index (κ3) is 3.06. The molecule has 2 aromatic rings. The van der Waals surface area contributed by atoms with Gasteiger partial charge in [-0.15, -0.1) is 0 Å². The second-order valence-electron chi connectivity index (χ2n) is 5.22. The lowest BCUT2D eigenvalue weighted by Crippen LogP contribution is -2.35. The van der Waals surface area contributed by atoms with Crippen LogP contribution in [0.3, 0.4) is 0 Å². The minimum Gasteiger partial charge on any atom is -0.480 e. The predicted octanol–water partition coefficient (Wildman–Crippen LogP) is 2.50. The van der Waals surface area contributed by atoms with Gasteiger partial charge in [0.25, 0.3) is 0 Å². The molecule has 1 aromatic carbocycles. The standard InChI is InChI=1S/C14H16F3N3O2/c1-8(13(21)22)19(2)7-12-18-10-6-9(14(15,16)17)4-5-11(10)20(12)3/h4-6,8H,7H2,1-3H3,(H,21,22). The second kappa shape index (κ2) is 5.60. The summed E-state index contributed by atoms with van der Waals surface area (Å²) in [6, 6.07) is 2.66. The summed E-state index contributed by atoms with van der Waals surface area (Å²) in [7, 11) is 3.32. The van der Waals surface area contributed by atoms with Crippen LogP contribution in [0.2, 0.25) is 0 Å². The third-order valence-electron chi connectivity index (χ3n) is 3.71. The number of hydrogen-bond acceptors (Lipinski definition) is 3. The van der Waals surface area contributed by atoms with Crippen molar-refractivity contribution in [2.75, 3.05) is 7.05 Å². The molecule has 120 valence electrons. The van der Waals surface area contributed by atoms with E-state index in [-0.39, 0.29) is 12.1 Å². The highest BCUT2D eigenvalue weighted by molar-refractivity contribution is 5.77. The number of halogens is 3. The van der Waals surface area contributed by atoms with Crippen LogP contribution in [0.25, 0.3) is 11.0 Å². The monoisotopic (exact) mass is 315 g/mol. The fraction of sp³-hybridized carbons (Fsp3) is 0.429. The quantitative estimate of drug-likeness (QED) is 0.942. The van der Waals surface area contributed by atoms with Gasteiger partial charge in [-0.25, -0.2) is 4.98 Å². The van der Waals surface area contributed by atoms with Crippen molar-refractivity contribution >= 4 is 17.0 Å². The van der Waals surface area contributed by atoms with Crippen LogP contribution in [0.5, 0.6) is 0 Å². The van der Waals surface area contributed by atoms with Crippen LogP contribution in [-0.2, 0) is 24.6 Å². The van der Waals surface area contributed by atoms with Gasteiger partial charge in [0.2, 0.25) is 0 Å². The van der Waals surface area contributed by atoms with Crippen LogP contribution in [0, 0.1) is 0 Å². The lowest BCUT2D eigenvalue weighted by molar-refractivity contribution is -0.142. The number of rotatable bonds is 4. The first kappa shape index (κ1) is 16.3. The molecule has 1 atom stereocenters. The number of aryl methyl sites for hydroxylation is 1. The largest absolute Gasteiger partial charge is 0.480 e. The molecule has 1 unspecified atom stereocenters. The van der Waals surface area contributed by atoms with Crippen molar-refractivity contribution in [1.29, 1.82) is 0 Å². The van der Waals surface area contributed by atoms with E-state index in [1.807, 2.05) is 0 Å². The SMILES string of the molecule is CC(C(=O)O)N(C)Cc1nc2cc(C(F)(F)F)ccc2n1C. The fourth-order valence-corrected chi connectivity index (χ4v) is 2.12. The number of nitrogens with zero attached hydrogens (tertiary/aromatic N) is 3. The molecule has 22 heavy (non-hydrogen) atoms. The topological polar surface area (TPSA) is 58.4 Å². The summed E-state index contributed by atoms with van der Waals surface area (Å²) in [6.45, 7) is 1.76. The summed E-state index contributed by atoms with van der Waals surface area (Å²) in [5.41, 5.74) is 0.0555. The summed E-state index contributed by atoms with van der Waals surface area (Å²) in [5, 5.41) is 8.97. The first-order chi connectivity index (χ1) is 10.1. The van der Waals surface area contributed by atoms with Crippen LogP contribution < -0.4 is 0 Å². The van der Waals surface area contributed by atoms with Gasteiger partial charge in [-0.1, -0.05) is 0 Å². The Hall–Kier alpha value is -2.09. The van der Waals surface area contributed by atoms with Crippen molar-refractivity contribution < 1.29 is 23.1 Å². The second-order valence-corrected chi connectivity index (χ2v) is 5.22. The Kier molecular flexibility index (Phi) is 4.15. The fourth-order valence-electron chi connectivity index (χ4n) is 2.12. The van der Waals surface area contributed by atoms with E-state index in [9.17, 15) is 18.0 Å². The van der Waals surface area contributed by atoms with Gasteiger partial charge in [-0.05, 0) is 32.2 Å². The molecule has 8 heteroatoms. The Bertz CT molecular complexity index is 709. The lowest BCUT2D eigenvalue weighted by atomic mass is 10.2. The number of likely N-dealkylation sites (N-methyl/N-ethyl adjacent to an activating group) is 1. The van der Waals surface area contributed by atoms with E-state index in [1.54, 1.807) is 23.6 Å². The molecule has 1 heterocycles. The molecule has 0 saturated carbocycles. The van der Waals surface area contributed by atoms with Crippen molar-refractivity contribution in [3.63, 3.8) is 0 Å². The molecule has 0 aliphatic rings. The van der Waals surface area contributed by atoms with E-state index in [0.717, 1.165) is 12.1 Å². The van der Waals surface area contributed by atoms with E-state index in [2.05, 4.69) is 4.98 Å². The van der Waals surface area contributed by atoms with Gasteiger partial charge in [0.15, 0.2) is 0 Å². The van der Waals surface area contributed by atoms with Crippen LogP contribution in [0.1, 0.15) is 18.3 Å². The molecular formula is C14H16F3N3O2. The Balaban J connectivity index is 2.36. The van der Waals surface area contributed by atoms with Gasteiger partial charge in [0.05, 0.1) is 23.1 Å². The van der Waals surface area contributed by atoms with Crippen LogP contribution in [-0.4, -0.2) is 38.6 Å². The van der Waals surface area contributed by atoms with E-state index in [0.29, 0.717) is 11.3 Å². The minimum absolute atomic E-state index is 0.222. The number of carboxylic acids is 1. The van der Waals surface area contributed by atoms with Gasteiger partial charge in [-0.3, -0.25) is 9.69 Å².